The summed E-state index contributed by atoms with van der Waals surface area (Å²) < 4.78 is 9.97. The molecule has 0 aliphatic heterocycles. The predicted octanol–water partition coefficient (Wildman–Crippen LogP) is 2.98. The van der Waals surface area contributed by atoms with Gasteiger partial charge in [-0.05, 0) is 52.4 Å². The zero-order valence-electron chi connectivity index (χ0n) is 13.6. The number of methoxy groups -OCH3 is 1. The molecule has 6 nitrogen and oxygen atoms in total. The number of ether oxygens (including phenoxy) is 2. The molecule has 6 heteroatoms. The Labute approximate surface area is 126 Å². The van der Waals surface area contributed by atoms with Gasteiger partial charge in [0.15, 0.2) is 0 Å². The Morgan fingerprint density at radius 1 is 1.19 bits per heavy atom. The SMILES string of the molecule is COC(=O)C1CCC(N(O)C(=O)OC(C)(C)C)CC(C)C1. The first kappa shape index (κ1) is 17.8. The van der Waals surface area contributed by atoms with Crippen LogP contribution in [0.3, 0.4) is 0 Å². The predicted molar refractivity (Wildman–Crippen MR) is 76.8 cm³/mol. The van der Waals surface area contributed by atoms with Crippen LogP contribution < -0.4 is 0 Å². The third kappa shape index (κ3) is 5.53. The van der Waals surface area contributed by atoms with Crippen LogP contribution in [0.2, 0.25) is 0 Å². The maximum Gasteiger partial charge on any atom is 0.434 e. The minimum atomic E-state index is -0.740. The van der Waals surface area contributed by atoms with Crippen molar-refractivity contribution in [2.45, 2.75) is 65.0 Å². The summed E-state index contributed by atoms with van der Waals surface area (Å²) in [5.74, 6) is -0.162. The van der Waals surface area contributed by atoms with Crippen molar-refractivity contribution >= 4 is 12.1 Å². The molecule has 1 saturated carbocycles. The van der Waals surface area contributed by atoms with E-state index in [0.29, 0.717) is 30.7 Å². The van der Waals surface area contributed by atoms with Crippen molar-refractivity contribution in [1.29, 1.82) is 0 Å². The highest BCUT2D eigenvalue weighted by atomic mass is 16.6. The van der Waals surface area contributed by atoms with Gasteiger partial charge in [0.1, 0.15) is 5.60 Å². The molecule has 1 N–H and O–H groups in total. The minimum Gasteiger partial charge on any atom is -0.469 e. The number of nitrogens with zero attached hydrogens (tertiary/aromatic N) is 1. The molecule has 0 aromatic carbocycles. The maximum atomic E-state index is 11.9. The lowest BCUT2D eigenvalue weighted by molar-refractivity contribution is -0.146. The third-order valence-electron chi connectivity index (χ3n) is 3.67. The standard InChI is InChI=1S/C15H27NO5/c1-10-8-11(13(17)20-5)6-7-12(9-10)16(19)14(18)21-15(2,3)4/h10-12,19H,6-9H2,1-5H3. The largest absolute Gasteiger partial charge is 0.469 e. The van der Waals surface area contributed by atoms with Crippen LogP contribution in [0, 0.1) is 11.8 Å². The van der Waals surface area contributed by atoms with Gasteiger partial charge in [-0.15, -0.1) is 0 Å². The summed E-state index contributed by atoms with van der Waals surface area (Å²) in [5.41, 5.74) is -0.650. The average molecular weight is 301 g/mol. The molecular weight excluding hydrogens is 274 g/mol. The van der Waals surface area contributed by atoms with E-state index in [9.17, 15) is 14.8 Å². The van der Waals surface area contributed by atoms with Gasteiger partial charge < -0.3 is 9.47 Å². The Morgan fingerprint density at radius 2 is 1.81 bits per heavy atom. The zero-order chi connectivity index (χ0) is 16.2. The van der Waals surface area contributed by atoms with Gasteiger partial charge in [-0.25, -0.2) is 4.79 Å². The van der Waals surface area contributed by atoms with Crippen molar-refractivity contribution in [3.8, 4) is 0 Å². The molecule has 0 aromatic rings. The summed E-state index contributed by atoms with van der Waals surface area (Å²) >= 11 is 0. The molecular formula is C15H27NO5. The van der Waals surface area contributed by atoms with E-state index >= 15 is 0 Å². The summed E-state index contributed by atoms with van der Waals surface area (Å²) in [6.07, 6.45) is 1.77. The van der Waals surface area contributed by atoms with Gasteiger partial charge in [-0.1, -0.05) is 6.92 Å². The third-order valence-corrected chi connectivity index (χ3v) is 3.67. The van der Waals surface area contributed by atoms with Crippen LogP contribution in [0.5, 0.6) is 0 Å². The van der Waals surface area contributed by atoms with Crippen molar-refractivity contribution in [3.05, 3.63) is 0 Å². The van der Waals surface area contributed by atoms with Crippen molar-refractivity contribution < 1.29 is 24.3 Å². The molecule has 3 atom stereocenters. The molecule has 1 aliphatic rings. The van der Waals surface area contributed by atoms with Gasteiger partial charge in [0.25, 0.3) is 0 Å². The average Bonchev–Trinajstić information content (AvgIpc) is 2.56. The molecule has 0 saturated heterocycles. The number of carbonyl (C=O) groups is 2. The molecule has 0 aromatic heterocycles. The van der Waals surface area contributed by atoms with Gasteiger partial charge in [0.05, 0.1) is 19.1 Å². The fourth-order valence-electron chi connectivity index (χ4n) is 2.74. The number of carbonyl (C=O) groups excluding carboxylic acids is 2. The second-order valence-corrected chi connectivity index (χ2v) is 6.85. The number of hydrogen-bond donors (Lipinski definition) is 1. The van der Waals surface area contributed by atoms with Crippen molar-refractivity contribution in [3.63, 3.8) is 0 Å². The van der Waals surface area contributed by atoms with Crippen LogP contribution >= 0.6 is 0 Å². The van der Waals surface area contributed by atoms with Gasteiger partial charge >= 0.3 is 12.1 Å². The normalized spacial score (nSPS) is 26.7. The van der Waals surface area contributed by atoms with E-state index in [1.165, 1.54) is 7.11 Å². The van der Waals surface area contributed by atoms with Crippen LogP contribution in [-0.4, -0.2) is 41.1 Å². The fourth-order valence-corrected chi connectivity index (χ4v) is 2.74. The highest BCUT2D eigenvalue weighted by Crippen LogP contribution is 2.31. The quantitative estimate of drug-likeness (QED) is 0.367. The molecule has 122 valence electrons. The summed E-state index contributed by atoms with van der Waals surface area (Å²) in [7, 11) is 1.38. The van der Waals surface area contributed by atoms with Crippen molar-refractivity contribution in [2.75, 3.05) is 7.11 Å². The van der Waals surface area contributed by atoms with E-state index in [0.717, 1.165) is 0 Å². The lowest BCUT2D eigenvalue weighted by Crippen LogP contribution is -2.41. The number of hydrogen-bond acceptors (Lipinski definition) is 5. The number of esters is 1. The molecule has 1 amide bonds. The Balaban J connectivity index is 2.67. The smallest absolute Gasteiger partial charge is 0.434 e. The van der Waals surface area contributed by atoms with Crippen LogP contribution in [0.1, 0.15) is 53.4 Å². The van der Waals surface area contributed by atoms with E-state index < -0.39 is 11.7 Å². The Kier molecular flexibility index (Phi) is 6.01. The Morgan fingerprint density at radius 3 is 2.33 bits per heavy atom. The summed E-state index contributed by atoms with van der Waals surface area (Å²) in [5, 5.41) is 10.8. The number of rotatable bonds is 2. The van der Waals surface area contributed by atoms with E-state index in [1.807, 2.05) is 6.92 Å². The number of hydroxylamine groups is 2. The molecule has 1 fully saturated rings. The van der Waals surface area contributed by atoms with Crippen molar-refractivity contribution in [1.82, 2.24) is 5.06 Å². The topological polar surface area (TPSA) is 76.1 Å². The molecule has 0 radical (unpaired) electrons. The molecule has 0 spiro atoms. The van der Waals surface area contributed by atoms with Crippen LogP contribution in [0.25, 0.3) is 0 Å². The lowest BCUT2D eigenvalue weighted by atomic mass is 9.94. The fraction of sp³-hybridized carbons (Fsp3) is 0.867. The van der Waals surface area contributed by atoms with Gasteiger partial charge in [-0.3, -0.25) is 10.0 Å². The van der Waals surface area contributed by atoms with E-state index in [2.05, 4.69) is 0 Å². The van der Waals surface area contributed by atoms with Gasteiger partial charge in [0, 0.05) is 0 Å². The molecule has 21 heavy (non-hydrogen) atoms. The van der Waals surface area contributed by atoms with E-state index in [4.69, 9.17) is 9.47 Å². The Hall–Kier alpha value is -1.30. The second-order valence-electron chi connectivity index (χ2n) is 6.85. The van der Waals surface area contributed by atoms with E-state index in [-0.39, 0.29) is 23.8 Å². The Bertz CT molecular complexity index is 377. The van der Waals surface area contributed by atoms with Crippen LogP contribution in [0.4, 0.5) is 4.79 Å². The molecule has 0 heterocycles. The monoisotopic (exact) mass is 301 g/mol. The summed E-state index contributed by atoms with van der Waals surface area (Å²) in [6, 6.07) is -0.329. The maximum absolute atomic E-state index is 11.9. The zero-order valence-corrected chi connectivity index (χ0v) is 13.6. The molecule has 1 aliphatic carbocycles. The molecule has 0 bridgehead atoms. The number of amides is 1. The first-order valence-corrected chi connectivity index (χ1v) is 7.43. The molecule has 1 rings (SSSR count). The first-order chi connectivity index (χ1) is 9.64. The van der Waals surface area contributed by atoms with Gasteiger partial charge in [-0.2, -0.15) is 5.06 Å². The summed E-state index contributed by atoms with van der Waals surface area (Å²) in [4.78, 5) is 23.6. The molecule has 3 unspecified atom stereocenters. The van der Waals surface area contributed by atoms with Crippen LogP contribution in [-0.2, 0) is 14.3 Å². The van der Waals surface area contributed by atoms with E-state index in [1.54, 1.807) is 20.8 Å². The van der Waals surface area contributed by atoms with Gasteiger partial charge in [0.2, 0.25) is 0 Å². The van der Waals surface area contributed by atoms with Crippen LogP contribution in [0.15, 0.2) is 0 Å². The van der Waals surface area contributed by atoms with Crippen molar-refractivity contribution in [2.24, 2.45) is 11.8 Å². The minimum absolute atomic E-state index is 0.165. The highest BCUT2D eigenvalue weighted by Gasteiger charge is 2.34. The summed E-state index contributed by atoms with van der Waals surface area (Å²) in [6.45, 7) is 7.27. The lowest BCUT2D eigenvalue weighted by Gasteiger charge is -2.29. The second kappa shape index (κ2) is 7.11. The first-order valence-electron chi connectivity index (χ1n) is 7.43. The highest BCUT2D eigenvalue weighted by molar-refractivity contribution is 5.72.